The van der Waals surface area contributed by atoms with Gasteiger partial charge in [0.1, 0.15) is 30.3 Å². The Morgan fingerprint density at radius 2 is 1.08 bits per heavy atom. The van der Waals surface area contributed by atoms with E-state index in [4.69, 9.17) is 28.7 Å². The minimum absolute atomic E-state index is 0.135. The van der Waals surface area contributed by atoms with Crippen molar-refractivity contribution in [3.63, 3.8) is 0 Å². The summed E-state index contributed by atoms with van der Waals surface area (Å²) in [6.07, 6.45) is 9.04. The van der Waals surface area contributed by atoms with Crippen LogP contribution >= 0.6 is 45.2 Å². The summed E-state index contributed by atoms with van der Waals surface area (Å²) in [7, 11) is 0. The van der Waals surface area contributed by atoms with E-state index in [0.29, 0.717) is 89.9 Å². The van der Waals surface area contributed by atoms with Gasteiger partial charge in [-0.15, -0.1) is 0 Å². The summed E-state index contributed by atoms with van der Waals surface area (Å²) in [5.41, 5.74) is -9.98. The van der Waals surface area contributed by atoms with Crippen molar-refractivity contribution in [2.24, 2.45) is 27.6 Å². The average Bonchev–Trinajstić information content (AvgIpc) is 3.14. The second-order valence-corrected chi connectivity index (χ2v) is 26.4. The molecule has 6 aliphatic carbocycles. The average molecular weight is 1120 g/mol. The SMILES string of the molecule is CCC(I)C(=O)OCC(=O)OC12CCCC(C(C)(C)OOC(C)(C)C34CC5CC(OC(=O)COC(=O)C(I)CC)(CC(C(C)(C)O)(C5)C3)C4)(C1)CC(CCC(C)(C)O)(C(C)(C)O)C2. The highest BCUT2D eigenvalue weighted by Gasteiger charge is 2.73. The number of ether oxygens (including phenoxy) is 4. The molecule has 63 heavy (non-hydrogen) atoms. The zero-order valence-corrected chi connectivity index (χ0v) is 44.5. The van der Waals surface area contributed by atoms with Crippen molar-refractivity contribution in [2.75, 3.05) is 13.2 Å². The van der Waals surface area contributed by atoms with Crippen LogP contribution in [0, 0.1) is 27.6 Å². The predicted molar refractivity (Wildman–Crippen MR) is 253 cm³/mol. The Kier molecular flexibility index (Phi) is 15.4. The van der Waals surface area contributed by atoms with Crippen LogP contribution in [-0.2, 0) is 47.9 Å². The Morgan fingerprint density at radius 1 is 0.603 bits per heavy atom. The molecule has 13 nitrogen and oxygen atoms in total. The fourth-order valence-corrected chi connectivity index (χ4v) is 13.4. The van der Waals surface area contributed by atoms with Crippen LogP contribution in [0.15, 0.2) is 0 Å². The molecule has 0 spiro atoms. The first kappa shape index (κ1) is 53.1. The summed E-state index contributed by atoms with van der Waals surface area (Å²) in [6.45, 7) is 21.6. The largest absolute Gasteiger partial charge is 0.457 e. The normalized spacial score (nSPS) is 34.2. The first-order valence-electron chi connectivity index (χ1n) is 23.3. The van der Waals surface area contributed by atoms with Gasteiger partial charge in [-0.05, 0) is 178 Å². The van der Waals surface area contributed by atoms with Gasteiger partial charge in [-0.3, -0.25) is 9.59 Å². The molecule has 0 aromatic carbocycles. The fraction of sp³-hybridized carbons (Fsp3) is 0.917. The second kappa shape index (κ2) is 18.2. The van der Waals surface area contributed by atoms with Gasteiger partial charge in [0.05, 0.1) is 16.8 Å². The van der Waals surface area contributed by atoms with Crippen LogP contribution in [0.4, 0.5) is 0 Å². The highest BCUT2D eigenvalue weighted by atomic mass is 127. The number of rotatable bonds is 20. The minimum atomic E-state index is -1.26. The molecule has 0 saturated heterocycles. The third kappa shape index (κ3) is 10.9. The van der Waals surface area contributed by atoms with E-state index in [9.17, 15) is 34.5 Å². The number of halogens is 2. The van der Waals surface area contributed by atoms with Crippen molar-refractivity contribution >= 4 is 69.1 Å². The van der Waals surface area contributed by atoms with E-state index in [2.05, 4.69) is 0 Å². The van der Waals surface area contributed by atoms with E-state index in [1.54, 1.807) is 27.7 Å². The zero-order valence-electron chi connectivity index (χ0n) is 40.1. The highest BCUT2D eigenvalue weighted by molar-refractivity contribution is 14.1. The molecule has 6 bridgehead atoms. The molecule has 0 aromatic heterocycles. The number of fused-ring (bicyclic) bond motifs is 2. The lowest BCUT2D eigenvalue weighted by Crippen LogP contribution is -2.71. The van der Waals surface area contributed by atoms with Gasteiger partial charge in [-0.2, -0.15) is 0 Å². The van der Waals surface area contributed by atoms with Crippen LogP contribution in [0.1, 0.15) is 186 Å². The van der Waals surface area contributed by atoms with E-state index >= 15 is 0 Å². The standard InChI is InChI=1S/C48H78I2O13/c1-13-32(49)36(53)58-23-34(51)60-47-17-15-16-44(28-47,25-43(27-47,39(5,6)56)19-18-38(3,4)55)41(9,10)62-63-42(11,12)46-21-31-20-45(26-46,40(7,8)57)29-48(22-31,30-46)61-35(52)24-59-37(54)33(50)14-2/h31-33,55-57H,13-30H2,1-12H3. The Hall–Kier alpha value is -0.860. The first-order valence-corrected chi connectivity index (χ1v) is 25.7. The van der Waals surface area contributed by atoms with Crippen LogP contribution in [0.3, 0.4) is 0 Å². The van der Waals surface area contributed by atoms with Gasteiger partial charge in [-0.1, -0.05) is 59.0 Å². The van der Waals surface area contributed by atoms with Crippen molar-refractivity contribution < 1.29 is 63.2 Å². The van der Waals surface area contributed by atoms with E-state index in [1.165, 1.54) is 0 Å². The van der Waals surface area contributed by atoms with Crippen molar-refractivity contribution in [2.45, 2.75) is 233 Å². The van der Waals surface area contributed by atoms with Crippen LogP contribution in [0.5, 0.6) is 0 Å². The van der Waals surface area contributed by atoms with Crippen LogP contribution in [0.2, 0.25) is 0 Å². The second-order valence-electron chi connectivity index (χ2n) is 23.4. The summed E-state index contributed by atoms with van der Waals surface area (Å²) in [5.74, 6) is -2.04. The monoisotopic (exact) mass is 1120 g/mol. The molecule has 6 fully saturated rings. The number of esters is 4. The summed E-state index contributed by atoms with van der Waals surface area (Å²) < 4.78 is 22.9. The van der Waals surface area contributed by atoms with Gasteiger partial charge in [0, 0.05) is 21.7 Å². The molecule has 3 N–H and O–H groups in total. The quantitative estimate of drug-likeness (QED) is 0.0263. The minimum Gasteiger partial charge on any atom is -0.457 e. The molecule has 0 aromatic rings. The molecule has 0 aliphatic heterocycles. The maximum absolute atomic E-state index is 13.7. The molecule has 6 rings (SSSR count). The van der Waals surface area contributed by atoms with Crippen LogP contribution in [-0.4, -0.2) is 99.5 Å². The Labute approximate surface area is 403 Å². The van der Waals surface area contributed by atoms with Gasteiger partial charge in [0.25, 0.3) is 0 Å². The lowest BCUT2D eigenvalue weighted by molar-refractivity contribution is -0.456. The molecular weight excluding hydrogens is 1040 g/mol. The van der Waals surface area contributed by atoms with Gasteiger partial charge in [0.15, 0.2) is 13.2 Å². The molecule has 6 aliphatic rings. The van der Waals surface area contributed by atoms with E-state index in [0.717, 1.165) is 12.8 Å². The van der Waals surface area contributed by atoms with E-state index in [1.807, 2.05) is 101 Å². The van der Waals surface area contributed by atoms with Crippen molar-refractivity contribution in [1.29, 1.82) is 0 Å². The van der Waals surface area contributed by atoms with Crippen LogP contribution < -0.4 is 0 Å². The molecule has 9 unspecified atom stereocenters. The van der Waals surface area contributed by atoms with E-state index in [-0.39, 0.29) is 13.8 Å². The third-order valence-corrected chi connectivity index (χ3v) is 19.5. The van der Waals surface area contributed by atoms with Crippen molar-refractivity contribution in [3.8, 4) is 0 Å². The van der Waals surface area contributed by atoms with Gasteiger partial charge >= 0.3 is 23.9 Å². The van der Waals surface area contributed by atoms with Gasteiger partial charge < -0.3 is 34.3 Å². The molecule has 0 radical (unpaired) electrons. The lowest BCUT2D eigenvalue weighted by Gasteiger charge is -2.71. The smallest absolute Gasteiger partial charge is 0.344 e. The van der Waals surface area contributed by atoms with Crippen LogP contribution in [0.25, 0.3) is 0 Å². The van der Waals surface area contributed by atoms with Crippen molar-refractivity contribution in [3.05, 3.63) is 0 Å². The molecule has 15 heteroatoms. The predicted octanol–water partition coefficient (Wildman–Crippen LogP) is 8.97. The number of carbonyl (C=O) groups is 4. The van der Waals surface area contributed by atoms with Gasteiger partial charge in [-0.25, -0.2) is 19.4 Å². The third-order valence-electron chi connectivity index (χ3n) is 16.7. The maximum atomic E-state index is 13.7. The van der Waals surface area contributed by atoms with E-state index < -0.39 is 98.0 Å². The zero-order chi connectivity index (χ0) is 47.5. The summed E-state index contributed by atoms with van der Waals surface area (Å²) in [5, 5.41) is 35.2. The number of carbonyl (C=O) groups excluding carboxylic acids is 4. The number of hydrogen-bond donors (Lipinski definition) is 3. The number of alkyl halides is 2. The molecule has 0 heterocycles. The topological polar surface area (TPSA) is 184 Å². The first-order chi connectivity index (χ1) is 28.7. The molecule has 6 saturated carbocycles. The van der Waals surface area contributed by atoms with Gasteiger partial charge in [0.2, 0.25) is 0 Å². The highest BCUT2D eigenvalue weighted by Crippen LogP contribution is 2.73. The maximum Gasteiger partial charge on any atom is 0.344 e. The summed E-state index contributed by atoms with van der Waals surface area (Å²) >= 11 is 4.01. The molecule has 9 atom stereocenters. The summed E-state index contributed by atoms with van der Waals surface area (Å²) in [4.78, 5) is 66.0. The number of hydrogen-bond acceptors (Lipinski definition) is 13. The lowest BCUT2D eigenvalue weighted by atomic mass is 9.37. The molecule has 362 valence electrons. The number of aliphatic hydroxyl groups is 3. The Balaban J connectivity index is 1.47. The fourth-order valence-electron chi connectivity index (χ4n) is 13.0. The Morgan fingerprint density at radius 3 is 1.57 bits per heavy atom. The summed E-state index contributed by atoms with van der Waals surface area (Å²) in [6, 6.07) is 0. The van der Waals surface area contributed by atoms with Crippen molar-refractivity contribution in [1.82, 2.24) is 0 Å². The molecule has 0 amide bonds. The molecular formula is C48H78I2O13. The Bertz CT molecular complexity index is 1710.